The first-order valence-corrected chi connectivity index (χ1v) is 7.12. The molecule has 22 heavy (non-hydrogen) atoms. The number of rotatable bonds is 5. The fourth-order valence-corrected chi connectivity index (χ4v) is 2.49. The molecule has 0 fully saturated rings. The van der Waals surface area contributed by atoms with Gasteiger partial charge in [-0.2, -0.15) is 0 Å². The van der Waals surface area contributed by atoms with Crippen molar-refractivity contribution in [2.75, 3.05) is 12.8 Å². The summed E-state index contributed by atoms with van der Waals surface area (Å²) in [5.74, 6) is 0.935. The largest absolute Gasteiger partial charge is 0.480 e. The minimum Gasteiger partial charge on any atom is -0.480 e. The molecule has 1 heterocycles. The normalized spacial score (nSPS) is 10.4. The van der Waals surface area contributed by atoms with Crippen molar-refractivity contribution >= 4 is 35.2 Å². The van der Waals surface area contributed by atoms with Crippen molar-refractivity contribution in [1.82, 2.24) is 4.98 Å². The number of ether oxygens (including phenoxy) is 2. The summed E-state index contributed by atoms with van der Waals surface area (Å²) in [5, 5.41) is 0.615. The molecule has 2 aromatic rings. The Morgan fingerprint density at radius 2 is 2.05 bits per heavy atom. The zero-order valence-corrected chi connectivity index (χ0v) is 13.5. The summed E-state index contributed by atoms with van der Waals surface area (Å²) >= 11 is 12.2. The van der Waals surface area contributed by atoms with E-state index in [9.17, 15) is 4.79 Å². The number of nitrogen functional groups attached to an aromatic ring is 1. The summed E-state index contributed by atoms with van der Waals surface area (Å²) in [5.41, 5.74) is 7.37. The van der Waals surface area contributed by atoms with E-state index in [1.54, 1.807) is 25.1 Å². The lowest BCUT2D eigenvalue weighted by Crippen LogP contribution is -2.02. The number of carbonyl (C=O) groups is 1. The number of nitrogens with two attached hydrogens (primary N) is 1. The molecule has 0 unspecified atom stereocenters. The number of methoxy groups -OCH3 is 1. The fraction of sp³-hybridized carbons (Fsp3) is 0.200. The summed E-state index contributed by atoms with van der Waals surface area (Å²) in [6.45, 7) is 1.75. The number of hydrogen-bond acceptors (Lipinski definition) is 5. The number of halogens is 2. The quantitative estimate of drug-likeness (QED) is 0.661. The molecule has 0 spiro atoms. The highest BCUT2D eigenvalue weighted by molar-refractivity contribution is 6.33. The number of aldehydes is 1. The number of carbonyl (C=O) groups excluding carboxylic acids is 1. The third-order valence-corrected chi connectivity index (χ3v) is 3.51. The van der Waals surface area contributed by atoms with E-state index >= 15 is 0 Å². The van der Waals surface area contributed by atoms with Crippen LogP contribution in [-0.2, 0) is 11.2 Å². The van der Waals surface area contributed by atoms with Crippen molar-refractivity contribution in [2.24, 2.45) is 0 Å². The summed E-state index contributed by atoms with van der Waals surface area (Å²) in [6.07, 6.45) is 0.875. The van der Waals surface area contributed by atoms with Crippen LogP contribution in [0.1, 0.15) is 11.3 Å². The Kier molecular flexibility index (Phi) is 5.11. The number of aryl methyl sites for hydroxylation is 1. The molecule has 0 amide bonds. The Labute approximate surface area is 138 Å². The van der Waals surface area contributed by atoms with Gasteiger partial charge in [-0.05, 0) is 19.1 Å². The Morgan fingerprint density at radius 1 is 1.32 bits per heavy atom. The van der Waals surface area contributed by atoms with Gasteiger partial charge in [0, 0.05) is 34.5 Å². The van der Waals surface area contributed by atoms with Crippen LogP contribution in [0.4, 0.5) is 5.69 Å². The van der Waals surface area contributed by atoms with Gasteiger partial charge in [-0.1, -0.05) is 23.2 Å². The molecule has 2 N–H and O–H groups in total. The van der Waals surface area contributed by atoms with Crippen molar-refractivity contribution in [3.8, 4) is 17.4 Å². The van der Waals surface area contributed by atoms with E-state index in [0.717, 1.165) is 6.29 Å². The minimum atomic E-state index is 0.119. The Balaban J connectivity index is 2.56. The first-order valence-electron chi connectivity index (χ1n) is 6.36. The van der Waals surface area contributed by atoms with Crippen molar-refractivity contribution in [3.05, 3.63) is 39.5 Å². The van der Waals surface area contributed by atoms with Crippen LogP contribution in [0.5, 0.6) is 17.4 Å². The monoisotopic (exact) mass is 340 g/mol. The summed E-state index contributed by atoms with van der Waals surface area (Å²) in [4.78, 5) is 15.1. The smallest absolute Gasteiger partial charge is 0.236 e. The van der Waals surface area contributed by atoms with Gasteiger partial charge in [-0.3, -0.25) is 0 Å². The van der Waals surface area contributed by atoms with Gasteiger partial charge in [0.1, 0.15) is 17.1 Å². The summed E-state index contributed by atoms with van der Waals surface area (Å²) < 4.78 is 10.9. The second kappa shape index (κ2) is 6.85. The molecule has 0 radical (unpaired) electrons. The third-order valence-electron chi connectivity index (χ3n) is 2.96. The topological polar surface area (TPSA) is 74.4 Å². The Bertz CT molecular complexity index is 700. The zero-order valence-electron chi connectivity index (χ0n) is 12.0. The van der Waals surface area contributed by atoms with Gasteiger partial charge >= 0.3 is 0 Å². The number of pyridine rings is 1. The zero-order chi connectivity index (χ0) is 16.3. The van der Waals surface area contributed by atoms with E-state index < -0.39 is 0 Å². The molecule has 1 aromatic heterocycles. The van der Waals surface area contributed by atoms with Gasteiger partial charge in [0.05, 0.1) is 7.11 Å². The number of aromatic nitrogens is 1. The van der Waals surface area contributed by atoms with Crippen LogP contribution >= 0.6 is 23.2 Å². The number of nitrogens with zero attached hydrogens (tertiary/aromatic N) is 1. The van der Waals surface area contributed by atoms with Gasteiger partial charge < -0.3 is 20.0 Å². The maximum absolute atomic E-state index is 10.9. The molecule has 7 heteroatoms. The van der Waals surface area contributed by atoms with E-state index in [0.29, 0.717) is 33.5 Å². The average molecular weight is 341 g/mol. The molecule has 0 saturated carbocycles. The number of benzene rings is 1. The molecule has 0 atom stereocenters. The molecule has 0 bridgehead atoms. The van der Waals surface area contributed by atoms with Crippen molar-refractivity contribution in [1.29, 1.82) is 0 Å². The van der Waals surface area contributed by atoms with Gasteiger partial charge in [0.25, 0.3) is 0 Å². The molecule has 5 nitrogen and oxygen atoms in total. The van der Waals surface area contributed by atoms with E-state index in [4.69, 9.17) is 38.4 Å². The second-order valence-corrected chi connectivity index (χ2v) is 5.34. The predicted octanol–water partition coefficient (Wildman–Crippen LogP) is 3.82. The molecular weight excluding hydrogens is 327 g/mol. The minimum absolute atomic E-state index is 0.119. The van der Waals surface area contributed by atoms with Crippen LogP contribution in [0.2, 0.25) is 10.0 Å². The lowest BCUT2D eigenvalue weighted by atomic mass is 10.1. The second-order valence-electron chi connectivity index (χ2n) is 4.52. The fourth-order valence-electron chi connectivity index (χ4n) is 1.99. The van der Waals surface area contributed by atoms with Crippen molar-refractivity contribution in [2.45, 2.75) is 13.3 Å². The van der Waals surface area contributed by atoms with Crippen LogP contribution in [-0.4, -0.2) is 18.4 Å². The SMILES string of the molecule is COc1nc(C)c(CC=O)c(Oc2cc(N)cc(Cl)c2)c1Cl. The van der Waals surface area contributed by atoms with E-state index in [1.165, 1.54) is 7.11 Å². The maximum Gasteiger partial charge on any atom is 0.236 e. The first-order chi connectivity index (χ1) is 10.5. The Hall–Kier alpha value is -1.98. The van der Waals surface area contributed by atoms with Crippen LogP contribution < -0.4 is 15.2 Å². The van der Waals surface area contributed by atoms with E-state index in [-0.39, 0.29) is 17.3 Å². The summed E-state index contributed by atoms with van der Waals surface area (Å²) in [6, 6.07) is 4.80. The highest BCUT2D eigenvalue weighted by atomic mass is 35.5. The molecule has 0 saturated heterocycles. The first kappa shape index (κ1) is 16.4. The number of anilines is 1. The van der Waals surface area contributed by atoms with E-state index in [2.05, 4.69) is 4.98 Å². The molecule has 1 aromatic carbocycles. The molecule has 116 valence electrons. The molecule has 2 rings (SSSR count). The van der Waals surface area contributed by atoms with Gasteiger partial charge in [-0.25, -0.2) is 4.98 Å². The Morgan fingerprint density at radius 3 is 2.64 bits per heavy atom. The molecule has 0 aliphatic rings. The third kappa shape index (κ3) is 3.43. The summed E-state index contributed by atoms with van der Waals surface area (Å²) in [7, 11) is 1.45. The van der Waals surface area contributed by atoms with Gasteiger partial charge in [-0.15, -0.1) is 0 Å². The lowest BCUT2D eigenvalue weighted by Gasteiger charge is -2.16. The van der Waals surface area contributed by atoms with Crippen molar-refractivity contribution in [3.63, 3.8) is 0 Å². The molecule has 0 aliphatic heterocycles. The van der Waals surface area contributed by atoms with Gasteiger partial charge in [0.2, 0.25) is 5.88 Å². The van der Waals surface area contributed by atoms with Crippen LogP contribution in [0.3, 0.4) is 0 Å². The van der Waals surface area contributed by atoms with Crippen LogP contribution in [0.15, 0.2) is 18.2 Å². The van der Waals surface area contributed by atoms with Crippen LogP contribution in [0.25, 0.3) is 0 Å². The van der Waals surface area contributed by atoms with E-state index in [1.807, 2.05) is 0 Å². The van der Waals surface area contributed by atoms with Crippen molar-refractivity contribution < 1.29 is 14.3 Å². The van der Waals surface area contributed by atoms with Gasteiger partial charge in [0.15, 0.2) is 5.75 Å². The number of hydrogen-bond donors (Lipinski definition) is 1. The molecule has 0 aliphatic carbocycles. The highest BCUT2D eigenvalue weighted by Crippen LogP contribution is 2.40. The molecular formula is C15H14Cl2N2O3. The predicted molar refractivity (Wildman–Crippen MR) is 86.2 cm³/mol. The standard InChI is InChI=1S/C15H14Cl2N2O3/c1-8-12(3-4-20)14(13(17)15(19-8)21-2)22-11-6-9(16)5-10(18)7-11/h4-7H,3,18H2,1-2H3. The highest BCUT2D eigenvalue weighted by Gasteiger charge is 2.19. The lowest BCUT2D eigenvalue weighted by molar-refractivity contribution is -0.107. The van der Waals surface area contributed by atoms with Crippen LogP contribution in [0, 0.1) is 6.92 Å². The maximum atomic E-state index is 10.9. The average Bonchev–Trinajstić information content (AvgIpc) is 2.45.